The fourth-order valence-corrected chi connectivity index (χ4v) is 5.36. The highest BCUT2D eigenvalue weighted by Gasteiger charge is 2.31. The van der Waals surface area contributed by atoms with Crippen molar-refractivity contribution in [2.75, 3.05) is 17.2 Å². The molecule has 0 spiro atoms. The molecule has 8 nitrogen and oxygen atoms in total. The molecule has 0 saturated carbocycles. The number of anilines is 1. The number of amidine groups is 1. The molecule has 42 heavy (non-hydrogen) atoms. The van der Waals surface area contributed by atoms with Crippen LogP contribution in [0.1, 0.15) is 25.0 Å². The Hall–Kier alpha value is -4.58. The van der Waals surface area contributed by atoms with E-state index >= 15 is 0 Å². The van der Waals surface area contributed by atoms with Gasteiger partial charge in [0.05, 0.1) is 5.69 Å². The topological polar surface area (TPSA) is 84.6 Å². The van der Waals surface area contributed by atoms with Crippen molar-refractivity contribution in [1.29, 1.82) is 0 Å². The predicted molar refractivity (Wildman–Crippen MR) is 159 cm³/mol. The third-order valence-electron chi connectivity index (χ3n) is 6.32. The summed E-state index contributed by atoms with van der Waals surface area (Å²) in [6.07, 6.45) is -0.536. The van der Waals surface area contributed by atoms with Crippen LogP contribution in [0.25, 0.3) is 23.2 Å². The van der Waals surface area contributed by atoms with Crippen molar-refractivity contribution < 1.29 is 22.7 Å². The van der Waals surface area contributed by atoms with Gasteiger partial charge in [0.15, 0.2) is 11.0 Å². The van der Waals surface area contributed by atoms with Crippen LogP contribution in [0.4, 0.5) is 23.7 Å². The number of nitrogens with one attached hydrogen (secondary N) is 1. The van der Waals surface area contributed by atoms with Gasteiger partial charge in [-0.05, 0) is 60.9 Å². The maximum atomic E-state index is 12.7. The van der Waals surface area contributed by atoms with Crippen LogP contribution in [-0.4, -0.2) is 44.6 Å². The van der Waals surface area contributed by atoms with Crippen LogP contribution < -0.4 is 15.0 Å². The largest absolute Gasteiger partial charge is 0.573 e. The van der Waals surface area contributed by atoms with Crippen molar-refractivity contribution in [1.82, 2.24) is 20.1 Å². The first kappa shape index (κ1) is 28.9. The van der Waals surface area contributed by atoms with E-state index in [1.807, 2.05) is 42.5 Å². The number of nitrogens with zero attached hydrogens (tertiary/aromatic N) is 5. The smallest absolute Gasteiger partial charge is 0.406 e. The van der Waals surface area contributed by atoms with Gasteiger partial charge in [0.25, 0.3) is 0 Å². The lowest BCUT2D eigenvalue weighted by molar-refractivity contribution is -0.274. The number of carbonyl (C=O) groups is 1. The maximum absolute atomic E-state index is 12.7. The Morgan fingerprint density at radius 1 is 1.10 bits per heavy atom. The molecule has 1 aromatic heterocycles. The van der Waals surface area contributed by atoms with E-state index in [1.165, 1.54) is 40.8 Å². The Labute approximate surface area is 244 Å². The number of halogens is 3. The summed E-state index contributed by atoms with van der Waals surface area (Å²) in [4.78, 5) is 23.4. The highest BCUT2D eigenvalue weighted by molar-refractivity contribution is 8.14. The Morgan fingerprint density at radius 3 is 2.55 bits per heavy atom. The number of aryl methyl sites for hydroxylation is 1. The van der Waals surface area contributed by atoms with Gasteiger partial charge in [-0.2, -0.15) is 4.99 Å². The number of amides is 2. The molecule has 216 valence electrons. The molecule has 12 heteroatoms. The highest BCUT2D eigenvalue weighted by atomic mass is 32.2. The zero-order chi connectivity index (χ0) is 29.7. The zero-order valence-electron chi connectivity index (χ0n) is 22.8. The minimum atomic E-state index is -4.75. The number of aliphatic imine (C=N–C) groups is 1. The molecule has 4 aromatic rings. The first-order valence-corrected chi connectivity index (χ1v) is 14.1. The number of para-hydroxylation sites is 1. The molecule has 3 aromatic carbocycles. The summed E-state index contributed by atoms with van der Waals surface area (Å²) >= 11 is 1.56. The van der Waals surface area contributed by atoms with Gasteiger partial charge < -0.3 is 15.0 Å². The normalized spacial score (nSPS) is 14.8. The maximum Gasteiger partial charge on any atom is 0.573 e. The van der Waals surface area contributed by atoms with Gasteiger partial charge in [-0.3, -0.25) is 0 Å². The number of aromatic nitrogens is 3. The van der Waals surface area contributed by atoms with Crippen LogP contribution in [0.5, 0.6) is 5.75 Å². The Bertz CT molecular complexity index is 1620. The number of urea groups is 1. The molecular formula is C30H27F3N6O2S. The van der Waals surface area contributed by atoms with Crippen LogP contribution in [-0.2, 0) is 6.42 Å². The molecule has 1 saturated heterocycles. The summed E-state index contributed by atoms with van der Waals surface area (Å²) in [5.41, 5.74) is 5.08. The first-order valence-electron chi connectivity index (χ1n) is 13.1. The molecule has 5 rings (SSSR count). The van der Waals surface area contributed by atoms with Gasteiger partial charge in [0, 0.05) is 29.2 Å². The second-order valence-electron chi connectivity index (χ2n) is 9.31. The number of allylic oxidation sites excluding steroid dienone is 1. The van der Waals surface area contributed by atoms with Crippen LogP contribution in [0.2, 0.25) is 0 Å². The average molecular weight is 593 g/mol. The van der Waals surface area contributed by atoms with E-state index in [0.29, 0.717) is 22.4 Å². The van der Waals surface area contributed by atoms with Crippen molar-refractivity contribution in [2.24, 2.45) is 4.99 Å². The van der Waals surface area contributed by atoms with Gasteiger partial charge in [-0.15, -0.1) is 18.3 Å². The number of benzene rings is 3. The van der Waals surface area contributed by atoms with E-state index in [4.69, 9.17) is 0 Å². The van der Waals surface area contributed by atoms with Crippen molar-refractivity contribution in [3.63, 3.8) is 0 Å². The summed E-state index contributed by atoms with van der Waals surface area (Å²) in [6.45, 7) is 4.70. The third-order valence-corrected chi connectivity index (χ3v) is 7.28. The molecule has 0 atom stereocenters. The summed E-state index contributed by atoms with van der Waals surface area (Å²) in [5.74, 6) is 0.998. The Morgan fingerprint density at radius 2 is 1.83 bits per heavy atom. The van der Waals surface area contributed by atoms with E-state index in [9.17, 15) is 18.0 Å². The third kappa shape index (κ3) is 7.19. The number of carbonyl (C=O) groups excluding carboxylic acids is 1. The average Bonchev–Trinajstić information content (AvgIpc) is 3.63. The van der Waals surface area contributed by atoms with Crippen LogP contribution in [0, 0.1) is 0 Å². The molecule has 0 aliphatic carbocycles. The summed E-state index contributed by atoms with van der Waals surface area (Å²) in [7, 11) is 0. The van der Waals surface area contributed by atoms with Gasteiger partial charge >= 0.3 is 12.4 Å². The predicted octanol–water partition coefficient (Wildman–Crippen LogP) is 7.08. The summed E-state index contributed by atoms with van der Waals surface area (Å²) in [5, 5.41) is 7.94. The molecule has 1 aliphatic heterocycles. The van der Waals surface area contributed by atoms with E-state index in [1.54, 1.807) is 18.7 Å². The first-order chi connectivity index (χ1) is 20.2. The summed E-state index contributed by atoms with van der Waals surface area (Å²) in [6, 6.07) is 20.5. The molecular weight excluding hydrogens is 565 g/mol. The SMILES string of the molecule is CCc1ccccc1N1CCSC1=NC(=O)N/C(C)=C/c1ccc(-c2ncn(-c3ccc(OC(F)(F)F)cc3)n2)cc1. The monoisotopic (exact) mass is 592 g/mol. The minimum absolute atomic E-state index is 0.314. The quantitative estimate of drug-likeness (QED) is 0.247. The highest BCUT2D eigenvalue weighted by Crippen LogP contribution is 2.29. The number of ether oxygens (including phenoxy) is 1. The molecule has 2 heterocycles. The Kier molecular flexibility index (Phi) is 8.62. The Balaban J connectivity index is 1.22. The standard InChI is InChI=1S/C30H27F3N6O2S/c1-3-22-6-4-5-7-26(22)38-16-17-42-29(38)36-28(40)35-20(2)18-21-8-10-23(11-9-21)27-34-19-39(37-27)24-12-14-25(15-13-24)41-30(31,32)33/h4-15,18-19H,3,16-17H2,1-2H3,(H,35,40)/b20-18+,36-29?. The minimum Gasteiger partial charge on any atom is -0.406 e. The van der Waals surface area contributed by atoms with Crippen LogP contribution in [0.15, 0.2) is 89.8 Å². The molecule has 0 bridgehead atoms. The lowest BCUT2D eigenvalue weighted by Crippen LogP contribution is -2.27. The van der Waals surface area contributed by atoms with Crippen molar-refractivity contribution >= 4 is 34.7 Å². The van der Waals surface area contributed by atoms with Crippen LogP contribution in [0.3, 0.4) is 0 Å². The fraction of sp³-hybridized carbons (Fsp3) is 0.200. The lowest BCUT2D eigenvalue weighted by Gasteiger charge is -2.20. The second-order valence-corrected chi connectivity index (χ2v) is 10.4. The number of hydrogen-bond donors (Lipinski definition) is 1. The van der Waals surface area contributed by atoms with E-state index < -0.39 is 12.4 Å². The van der Waals surface area contributed by atoms with E-state index in [0.717, 1.165) is 35.5 Å². The molecule has 1 N–H and O–H groups in total. The molecule has 0 unspecified atom stereocenters. The number of rotatable bonds is 7. The molecule has 1 fully saturated rings. The van der Waals surface area contributed by atoms with Crippen LogP contribution >= 0.6 is 11.8 Å². The van der Waals surface area contributed by atoms with Gasteiger partial charge in [-0.1, -0.05) is 61.2 Å². The molecule has 0 radical (unpaired) electrons. The lowest BCUT2D eigenvalue weighted by atomic mass is 10.1. The van der Waals surface area contributed by atoms with E-state index in [2.05, 4.69) is 49.1 Å². The van der Waals surface area contributed by atoms with Crippen molar-refractivity contribution in [3.8, 4) is 22.8 Å². The van der Waals surface area contributed by atoms with Gasteiger partial charge in [0.1, 0.15) is 12.1 Å². The molecule has 1 aliphatic rings. The summed E-state index contributed by atoms with van der Waals surface area (Å²) < 4.78 is 42.5. The number of hydrogen-bond acceptors (Lipinski definition) is 5. The number of alkyl halides is 3. The van der Waals surface area contributed by atoms with Crippen molar-refractivity contribution in [3.05, 3.63) is 95.9 Å². The number of thioether (sulfide) groups is 1. The zero-order valence-corrected chi connectivity index (χ0v) is 23.6. The van der Waals surface area contributed by atoms with E-state index in [-0.39, 0.29) is 5.75 Å². The van der Waals surface area contributed by atoms with Crippen molar-refractivity contribution in [2.45, 2.75) is 26.6 Å². The fourth-order valence-electron chi connectivity index (χ4n) is 4.41. The second kappa shape index (κ2) is 12.5. The molecule has 2 amide bonds. The van der Waals surface area contributed by atoms with Gasteiger partial charge in [-0.25, -0.2) is 14.5 Å². The van der Waals surface area contributed by atoms with Gasteiger partial charge in [0.2, 0.25) is 0 Å².